The fourth-order valence-electron chi connectivity index (χ4n) is 2.02. The molecule has 1 nitrogen and oxygen atoms in total. The van der Waals surface area contributed by atoms with Crippen molar-refractivity contribution >= 4 is 5.69 Å². The quantitative estimate of drug-likeness (QED) is 0.617. The topological polar surface area (TPSA) is 12.0 Å². The van der Waals surface area contributed by atoms with Crippen molar-refractivity contribution in [3.05, 3.63) is 28.8 Å². The highest BCUT2D eigenvalue weighted by atomic mass is 14.9. The lowest BCUT2D eigenvalue weighted by Gasteiger charge is -2.04. The Balaban J connectivity index is 2.52. The van der Waals surface area contributed by atoms with Crippen LogP contribution in [0.25, 0.3) is 0 Å². The second kappa shape index (κ2) is 2.51. The summed E-state index contributed by atoms with van der Waals surface area (Å²) >= 11 is 0. The van der Waals surface area contributed by atoms with E-state index in [4.69, 9.17) is 0 Å². The SMILES string of the molecule is Cc1cc(C)c2c(c1)NC(C)C2. The molecule has 0 bridgehead atoms. The first-order chi connectivity index (χ1) is 5.66. The average Bonchev–Trinajstić information content (AvgIpc) is 2.29. The van der Waals surface area contributed by atoms with Crippen LogP contribution in [-0.2, 0) is 6.42 Å². The predicted octanol–water partition coefficient (Wildman–Crippen LogP) is 2.66. The first kappa shape index (κ1) is 7.66. The number of rotatable bonds is 0. The third kappa shape index (κ3) is 1.09. The molecule has 0 aromatic heterocycles. The number of benzene rings is 1. The Bertz CT molecular complexity index is 315. The molecule has 0 saturated carbocycles. The molecule has 0 spiro atoms. The average molecular weight is 161 g/mol. The Morgan fingerprint density at radius 1 is 1.33 bits per heavy atom. The molecule has 1 unspecified atom stereocenters. The summed E-state index contributed by atoms with van der Waals surface area (Å²) in [6.45, 7) is 6.58. The summed E-state index contributed by atoms with van der Waals surface area (Å²) in [7, 11) is 0. The van der Waals surface area contributed by atoms with E-state index in [1.165, 1.54) is 28.8 Å². The third-order valence-corrected chi connectivity index (χ3v) is 2.53. The van der Waals surface area contributed by atoms with Gasteiger partial charge < -0.3 is 5.32 Å². The van der Waals surface area contributed by atoms with Crippen LogP contribution in [0.15, 0.2) is 12.1 Å². The molecule has 0 radical (unpaired) electrons. The number of hydrogen-bond donors (Lipinski definition) is 1. The van der Waals surface area contributed by atoms with Crippen LogP contribution in [0, 0.1) is 13.8 Å². The molecule has 1 aromatic carbocycles. The monoisotopic (exact) mass is 161 g/mol. The summed E-state index contributed by atoms with van der Waals surface area (Å²) in [4.78, 5) is 0. The number of fused-ring (bicyclic) bond motifs is 1. The fraction of sp³-hybridized carbons (Fsp3) is 0.455. The van der Waals surface area contributed by atoms with Gasteiger partial charge in [-0.1, -0.05) is 6.07 Å². The molecular formula is C11H15N. The Kier molecular flexibility index (Phi) is 1.60. The lowest BCUT2D eigenvalue weighted by Crippen LogP contribution is -2.08. The molecule has 2 rings (SSSR count). The van der Waals surface area contributed by atoms with Gasteiger partial charge in [0.05, 0.1) is 0 Å². The predicted molar refractivity (Wildman–Crippen MR) is 52.7 cm³/mol. The highest BCUT2D eigenvalue weighted by molar-refractivity contribution is 5.61. The van der Waals surface area contributed by atoms with E-state index < -0.39 is 0 Å². The van der Waals surface area contributed by atoms with Crippen LogP contribution < -0.4 is 5.32 Å². The van der Waals surface area contributed by atoms with Gasteiger partial charge in [0, 0.05) is 11.7 Å². The molecule has 1 atom stereocenters. The van der Waals surface area contributed by atoms with Crippen molar-refractivity contribution in [2.24, 2.45) is 0 Å². The van der Waals surface area contributed by atoms with Crippen molar-refractivity contribution in [2.45, 2.75) is 33.2 Å². The van der Waals surface area contributed by atoms with Crippen LogP contribution >= 0.6 is 0 Å². The smallest absolute Gasteiger partial charge is 0.0380 e. The van der Waals surface area contributed by atoms with E-state index in [1.54, 1.807) is 0 Å². The van der Waals surface area contributed by atoms with Crippen molar-refractivity contribution in [1.82, 2.24) is 0 Å². The maximum atomic E-state index is 3.48. The van der Waals surface area contributed by atoms with Gasteiger partial charge in [0.25, 0.3) is 0 Å². The minimum absolute atomic E-state index is 0.612. The Morgan fingerprint density at radius 3 is 2.83 bits per heavy atom. The van der Waals surface area contributed by atoms with E-state index in [0.29, 0.717) is 6.04 Å². The molecule has 0 amide bonds. The van der Waals surface area contributed by atoms with Crippen molar-refractivity contribution in [3.63, 3.8) is 0 Å². The molecule has 0 aliphatic carbocycles. The molecule has 1 heteroatoms. The Morgan fingerprint density at radius 2 is 2.08 bits per heavy atom. The van der Waals surface area contributed by atoms with E-state index in [2.05, 4.69) is 38.2 Å². The maximum absolute atomic E-state index is 3.48. The van der Waals surface area contributed by atoms with E-state index in [1.807, 2.05) is 0 Å². The first-order valence-corrected chi connectivity index (χ1v) is 4.53. The van der Waals surface area contributed by atoms with Crippen molar-refractivity contribution in [1.29, 1.82) is 0 Å². The lowest BCUT2D eigenvalue weighted by molar-refractivity contribution is 0.836. The molecule has 0 saturated heterocycles. The second-order valence-electron chi connectivity index (χ2n) is 3.86. The molecule has 64 valence electrons. The normalized spacial score (nSPS) is 20.4. The number of anilines is 1. The summed E-state index contributed by atoms with van der Waals surface area (Å²) in [6, 6.07) is 5.12. The summed E-state index contributed by atoms with van der Waals surface area (Å²) in [6.07, 6.45) is 1.18. The van der Waals surface area contributed by atoms with Gasteiger partial charge in [-0.2, -0.15) is 0 Å². The number of nitrogens with one attached hydrogen (secondary N) is 1. The molecule has 1 N–H and O–H groups in total. The van der Waals surface area contributed by atoms with Gasteiger partial charge in [-0.3, -0.25) is 0 Å². The number of hydrogen-bond acceptors (Lipinski definition) is 1. The van der Waals surface area contributed by atoms with Gasteiger partial charge in [-0.25, -0.2) is 0 Å². The molecule has 1 heterocycles. The molecule has 1 aromatic rings. The molecule has 0 fully saturated rings. The number of aryl methyl sites for hydroxylation is 2. The van der Waals surface area contributed by atoms with Crippen LogP contribution in [-0.4, -0.2) is 6.04 Å². The second-order valence-corrected chi connectivity index (χ2v) is 3.86. The van der Waals surface area contributed by atoms with Crippen LogP contribution in [0.2, 0.25) is 0 Å². The van der Waals surface area contributed by atoms with Gasteiger partial charge in [0.2, 0.25) is 0 Å². The highest BCUT2D eigenvalue weighted by Crippen LogP contribution is 2.29. The summed E-state index contributed by atoms with van der Waals surface area (Å²) in [5.74, 6) is 0. The van der Waals surface area contributed by atoms with Crippen LogP contribution in [0.5, 0.6) is 0 Å². The minimum atomic E-state index is 0.612. The summed E-state index contributed by atoms with van der Waals surface area (Å²) < 4.78 is 0. The first-order valence-electron chi connectivity index (χ1n) is 4.53. The Hall–Kier alpha value is -0.980. The van der Waals surface area contributed by atoms with E-state index in [-0.39, 0.29) is 0 Å². The zero-order valence-corrected chi connectivity index (χ0v) is 7.94. The fourth-order valence-corrected chi connectivity index (χ4v) is 2.02. The van der Waals surface area contributed by atoms with Gasteiger partial charge >= 0.3 is 0 Å². The van der Waals surface area contributed by atoms with Crippen LogP contribution in [0.4, 0.5) is 5.69 Å². The standard InChI is InChI=1S/C11H15N/c1-7-4-8(2)10-6-9(3)12-11(10)5-7/h4-5,9,12H,6H2,1-3H3. The van der Waals surface area contributed by atoms with Crippen LogP contribution in [0.1, 0.15) is 23.6 Å². The molecule has 1 aliphatic heterocycles. The van der Waals surface area contributed by atoms with Crippen molar-refractivity contribution < 1.29 is 0 Å². The molecule has 1 aliphatic rings. The zero-order chi connectivity index (χ0) is 8.72. The van der Waals surface area contributed by atoms with Crippen molar-refractivity contribution in [2.75, 3.05) is 5.32 Å². The Labute approximate surface area is 73.8 Å². The zero-order valence-electron chi connectivity index (χ0n) is 7.94. The van der Waals surface area contributed by atoms with E-state index in [9.17, 15) is 0 Å². The van der Waals surface area contributed by atoms with Gasteiger partial charge in [0.15, 0.2) is 0 Å². The highest BCUT2D eigenvalue weighted by Gasteiger charge is 2.18. The third-order valence-electron chi connectivity index (χ3n) is 2.53. The van der Waals surface area contributed by atoms with Gasteiger partial charge in [-0.15, -0.1) is 0 Å². The molecular weight excluding hydrogens is 146 g/mol. The van der Waals surface area contributed by atoms with Gasteiger partial charge in [0.1, 0.15) is 0 Å². The molecule has 12 heavy (non-hydrogen) atoms. The van der Waals surface area contributed by atoms with E-state index >= 15 is 0 Å². The van der Waals surface area contributed by atoms with Crippen LogP contribution in [0.3, 0.4) is 0 Å². The largest absolute Gasteiger partial charge is 0.382 e. The van der Waals surface area contributed by atoms with Gasteiger partial charge in [-0.05, 0) is 49.9 Å². The van der Waals surface area contributed by atoms with Crippen molar-refractivity contribution in [3.8, 4) is 0 Å². The minimum Gasteiger partial charge on any atom is -0.382 e. The maximum Gasteiger partial charge on any atom is 0.0380 e. The summed E-state index contributed by atoms with van der Waals surface area (Å²) in [5.41, 5.74) is 5.64. The summed E-state index contributed by atoms with van der Waals surface area (Å²) in [5, 5.41) is 3.48. The lowest BCUT2D eigenvalue weighted by atomic mass is 10.0. The van der Waals surface area contributed by atoms with E-state index in [0.717, 1.165) is 0 Å².